The lowest BCUT2D eigenvalue weighted by atomic mass is 10.2. The molecule has 0 saturated heterocycles. The Morgan fingerprint density at radius 2 is 1.65 bits per heavy atom. The summed E-state index contributed by atoms with van der Waals surface area (Å²) in [5.74, 6) is 0. The van der Waals surface area contributed by atoms with Gasteiger partial charge < -0.3 is 0 Å². The third-order valence-electron chi connectivity index (χ3n) is 2.53. The fraction of sp³-hybridized carbons (Fsp3) is 0.167. The third kappa shape index (κ3) is 2.30. The van der Waals surface area contributed by atoms with Crippen LogP contribution in [0.15, 0.2) is 46.0 Å². The van der Waals surface area contributed by atoms with Crippen molar-refractivity contribution in [3.05, 3.63) is 52.3 Å². The maximum absolute atomic E-state index is 12.3. The van der Waals surface area contributed by atoms with Gasteiger partial charge >= 0.3 is 0 Å². The van der Waals surface area contributed by atoms with E-state index in [1.807, 2.05) is 13.8 Å². The van der Waals surface area contributed by atoms with Crippen LogP contribution in [-0.2, 0) is 10.0 Å². The molecule has 0 fully saturated rings. The molecule has 0 bridgehead atoms. The molecule has 1 aromatic heterocycles. The molecule has 2 rings (SSSR count). The largest absolute Gasteiger partial charge is 0.267 e. The molecule has 0 N–H and O–H groups in total. The van der Waals surface area contributed by atoms with Crippen LogP contribution in [-0.4, -0.2) is 12.4 Å². The quantitative estimate of drug-likeness (QED) is 0.854. The van der Waals surface area contributed by atoms with Crippen LogP contribution in [0.2, 0.25) is 0 Å². The maximum Gasteiger partial charge on any atom is 0.267 e. The first-order valence-electron chi connectivity index (χ1n) is 5.07. The third-order valence-corrected chi connectivity index (χ3v) is 5.00. The fourth-order valence-electron chi connectivity index (χ4n) is 1.47. The topological polar surface area (TPSA) is 39.1 Å². The van der Waals surface area contributed by atoms with Gasteiger partial charge in [-0.05, 0) is 47.5 Å². The summed E-state index contributed by atoms with van der Waals surface area (Å²) in [5.41, 5.74) is 1.93. The van der Waals surface area contributed by atoms with Gasteiger partial charge in [0.05, 0.1) is 4.90 Å². The molecule has 3 nitrogen and oxygen atoms in total. The molecule has 90 valence electrons. The van der Waals surface area contributed by atoms with E-state index in [0.29, 0.717) is 4.90 Å². The van der Waals surface area contributed by atoms with Crippen molar-refractivity contribution in [3.8, 4) is 0 Å². The Morgan fingerprint density at radius 3 is 2.12 bits per heavy atom. The molecular weight excluding hydrogens is 302 g/mol. The Kier molecular flexibility index (Phi) is 3.14. The molecule has 0 spiro atoms. The highest BCUT2D eigenvalue weighted by atomic mass is 79.9. The first kappa shape index (κ1) is 12.4. The Hall–Kier alpha value is -1.07. The zero-order valence-electron chi connectivity index (χ0n) is 9.51. The molecule has 0 aliphatic rings. The maximum atomic E-state index is 12.3. The van der Waals surface area contributed by atoms with Crippen LogP contribution in [0.25, 0.3) is 0 Å². The van der Waals surface area contributed by atoms with E-state index >= 15 is 0 Å². The predicted octanol–water partition coefficient (Wildman–Crippen LogP) is 3.10. The van der Waals surface area contributed by atoms with Gasteiger partial charge in [-0.1, -0.05) is 17.7 Å². The Bertz CT molecular complexity index is 622. The van der Waals surface area contributed by atoms with E-state index < -0.39 is 10.0 Å². The molecule has 0 amide bonds. The van der Waals surface area contributed by atoms with Crippen LogP contribution in [0.3, 0.4) is 0 Å². The van der Waals surface area contributed by atoms with E-state index in [2.05, 4.69) is 15.9 Å². The lowest BCUT2D eigenvalue weighted by Crippen LogP contribution is -2.10. The first-order chi connectivity index (χ1) is 7.91. The zero-order valence-corrected chi connectivity index (χ0v) is 11.9. The number of benzene rings is 1. The van der Waals surface area contributed by atoms with Gasteiger partial charge in [0.15, 0.2) is 0 Å². The van der Waals surface area contributed by atoms with E-state index in [9.17, 15) is 8.42 Å². The minimum absolute atomic E-state index is 0.297. The molecule has 1 heterocycles. The highest BCUT2D eigenvalue weighted by Crippen LogP contribution is 2.21. The van der Waals surface area contributed by atoms with Gasteiger partial charge in [-0.25, -0.2) is 12.4 Å². The normalized spacial score (nSPS) is 11.7. The van der Waals surface area contributed by atoms with E-state index in [0.717, 1.165) is 15.6 Å². The van der Waals surface area contributed by atoms with Crippen LogP contribution >= 0.6 is 15.9 Å². The smallest absolute Gasteiger partial charge is 0.248 e. The fourth-order valence-corrected chi connectivity index (χ4v) is 3.20. The molecule has 0 aliphatic heterocycles. The average molecular weight is 314 g/mol. The lowest BCUT2D eigenvalue weighted by Gasteiger charge is -2.05. The summed E-state index contributed by atoms with van der Waals surface area (Å²) in [6.07, 6.45) is 3.16. The van der Waals surface area contributed by atoms with Crippen LogP contribution in [0, 0.1) is 13.8 Å². The minimum Gasteiger partial charge on any atom is -0.248 e. The van der Waals surface area contributed by atoms with Crippen molar-refractivity contribution >= 4 is 26.0 Å². The highest BCUT2D eigenvalue weighted by molar-refractivity contribution is 9.10. The predicted molar refractivity (Wildman–Crippen MR) is 70.6 cm³/mol. The number of rotatable bonds is 2. The van der Waals surface area contributed by atoms with Crippen molar-refractivity contribution in [3.63, 3.8) is 0 Å². The molecule has 2 aromatic rings. The zero-order chi connectivity index (χ0) is 12.6. The molecule has 0 atom stereocenters. The second kappa shape index (κ2) is 4.31. The number of hydrogen-bond acceptors (Lipinski definition) is 2. The van der Waals surface area contributed by atoms with Crippen molar-refractivity contribution in [1.29, 1.82) is 0 Å². The number of nitrogens with zero attached hydrogens (tertiary/aromatic N) is 1. The summed E-state index contributed by atoms with van der Waals surface area (Å²) in [4.78, 5) is 0.297. The summed E-state index contributed by atoms with van der Waals surface area (Å²) in [7, 11) is -3.47. The lowest BCUT2D eigenvalue weighted by molar-refractivity contribution is 0.587. The Balaban J connectivity index is 2.53. The number of halogens is 1. The van der Waals surface area contributed by atoms with Crippen LogP contribution < -0.4 is 0 Å². The molecule has 5 heteroatoms. The van der Waals surface area contributed by atoms with Gasteiger partial charge in [-0.3, -0.25) is 0 Å². The van der Waals surface area contributed by atoms with Crippen molar-refractivity contribution in [2.24, 2.45) is 0 Å². The summed E-state index contributed by atoms with van der Waals surface area (Å²) >= 11 is 3.31. The van der Waals surface area contributed by atoms with E-state index in [4.69, 9.17) is 0 Å². The van der Waals surface area contributed by atoms with Crippen molar-refractivity contribution in [1.82, 2.24) is 3.97 Å². The number of aromatic nitrogens is 1. The van der Waals surface area contributed by atoms with Gasteiger partial charge in [0.2, 0.25) is 0 Å². The molecule has 0 aliphatic carbocycles. The van der Waals surface area contributed by atoms with Gasteiger partial charge in [0.25, 0.3) is 10.0 Å². The average Bonchev–Trinajstić information content (AvgIpc) is 2.60. The molecular formula is C12H12BrNO2S. The number of aryl methyl sites for hydroxylation is 2. The van der Waals surface area contributed by atoms with Gasteiger partial charge in [0.1, 0.15) is 0 Å². The summed E-state index contributed by atoms with van der Waals surface area (Å²) in [6.45, 7) is 3.78. The second-order valence-corrected chi connectivity index (χ2v) is 6.63. The van der Waals surface area contributed by atoms with E-state index in [1.165, 1.54) is 3.97 Å². The van der Waals surface area contributed by atoms with Crippen LogP contribution in [0.5, 0.6) is 0 Å². The first-order valence-corrected chi connectivity index (χ1v) is 7.31. The molecule has 1 aromatic carbocycles. The van der Waals surface area contributed by atoms with Gasteiger partial charge in [-0.2, -0.15) is 0 Å². The van der Waals surface area contributed by atoms with Gasteiger partial charge in [0, 0.05) is 16.9 Å². The Morgan fingerprint density at radius 1 is 1.06 bits per heavy atom. The summed E-state index contributed by atoms with van der Waals surface area (Å²) < 4.78 is 26.5. The van der Waals surface area contributed by atoms with Crippen molar-refractivity contribution < 1.29 is 8.42 Å². The van der Waals surface area contributed by atoms with E-state index in [1.54, 1.807) is 36.7 Å². The SMILES string of the molecule is Cc1ccc(S(=O)(=O)n2cc(C)c(Br)c2)cc1. The number of hydrogen-bond donors (Lipinski definition) is 0. The summed E-state index contributed by atoms with van der Waals surface area (Å²) in [5, 5.41) is 0. The molecule has 0 unspecified atom stereocenters. The molecule has 0 radical (unpaired) electrons. The molecule has 0 saturated carbocycles. The van der Waals surface area contributed by atoms with Crippen molar-refractivity contribution in [2.45, 2.75) is 18.7 Å². The summed E-state index contributed by atoms with van der Waals surface area (Å²) in [6, 6.07) is 6.82. The monoisotopic (exact) mass is 313 g/mol. The highest BCUT2D eigenvalue weighted by Gasteiger charge is 2.17. The van der Waals surface area contributed by atoms with Crippen LogP contribution in [0.1, 0.15) is 11.1 Å². The Labute approximate surface area is 109 Å². The minimum atomic E-state index is -3.47. The standard InChI is InChI=1S/C12H12BrNO2S/c1-9-3-5-11(6-4-9)17(15,16)14-7-10(2)12(13)8-14/h3-8H,1-2H3. The second-order valence-electron chi connectivity index (χ2n) is 3.94. The van der Waals surface area contributed by atoms with Crippen molar-refractivity contribution in [2.75, 3.05) is 0 Å². The molecule has 17 heavy (non-hydrogen) atoms. The van der Waals surface area contributed by atoms with Crippen LogP contribution in [0.4, 0.5) is 0 Å². The van der Waals surface area contributed by atoms with Gasteiger partial charge in [-0.15, -0.1) is 0 Å². The van der Waals surface area contributed by atoms with E-state index in [-0.39, 0.29) is 0 Å².